The minimum Gasteiger partial charge on any atom is -0.405 e. The Bertz CT molecular complexity index is 922. The maximum Gasteiger partial charge on any atom is 0.534 e. The smallest absolute Gasteiger partial charge is 0.405 e. The fourth-order valence-corrected chi connectivity index (χ4v) is 2.38. The van der Waals surface area contributed by atoms with Crippen molar-refractivity contribution < 1.29 is 25.8 Å². The lowest BCUT2D eigenvalue weighted by Gasteiger charge is -2.14. The summed E-state index contributed by atoms with van der Waals surface area (Å²) in [6.45, 7) is 0. The van der Waals surface area contributed by atoms with E-state index < -0.39 is 21.4 Å². The van der Waals surface area contributed by atoms with E-state index in [9.17, 15) is 21.6 Å². The van der Waals surface area contributed by atoms with E-state index in [0.29, 0.717) is 5.39 Å². The van der Waals surface area contributed by atoms with Gasteiger partial charge >= 0.3 is 15.6 Å². The van der Waals surface area contributed by atoms with E-state index in [0.717, 1.165) is 12.3 Å². The van der Waals surface area contributed by atoms with E-state index in [1.807, 2.05) is 0 Å². The first kappa shape index (κ1) is 17.7. The van der Waals surface area contributed by atoms with Crippen LogP contribution in [0.5, 0.6) is 5.75 Å². The number of benzene rings is 1. The van der Waals surface area contributed by atoms with Gasteiger partial charge in [-0.05, 0) is 24.4 Å². The Morgan fingerprint density at radius 1 is 1.38 bits per heavy atom. The molecule has 6 nitrogen and oxygen atoms in total. The molecule has 1 heterocycles. The first-order chi connectivity index (χ1) is 11.2. The fourth-order valence-electron chi connectivity index (χ4n) is 1.91. The van der Waals surface area contributed by atoms with E-state index in [1.165, 1.54) is 25.4 Å². The maximum atomic E-state index is 12.6. The van der Waals surface area contributed by atoms with Crippen LogP contribution in [0, 0.1) is 0 Å². The number of nitrogens with two attached hydrogens (primary N) is 1. The van der Waals surface area contributed by atoms with E-state index >= 15 is 0 Å². The Labute approximate surface area is 135 Å². The van der Waals surface area contributed by atoms with Crippen LogP contribution in [0.4, 0.5) is 13.2 Å². The van der Waals surface area contributed by atoms with Crippen molar-refractivity contribution in [3.8, 4) is 5.75 Å². The first-order valence-corrected chi connectivity index (χ1v) is 7.85. The summed E-state index contributed by atoms with van der Waals surface area (Å²) in [5.41, 5.74) is 0.178. The summed E-state index contributed by atoms with van der Waals surface area (Å²) >= 11 is 0. The highest BCUT2D eigenvalue weighted by molar-refractivity contribution is 7.88. The average Bonchev–Trinajstić information content (AvgIpc) is 2.50. The third-order valence-electron chi connectivity index (χ3n) is 2.96. The molecule has 2 rings (SSSR count). The number of fused-ring (bicyclic) bond motifs is 1. The topological polar surface area (TPSA) is 94.6 Å². The number of rotatable bonds is 4. The summed E-state index contributed by atoms with van der Waals surface area (Å²) in [4.78, 5) is 7.85. The predicted molar refractivity (Wildman–Crippen MR) is 83.1 cm³/mol. The van der Waals surface area contributed by atoms with E-state index in [1.54, 1.807) is 12.1 Å². The molecule has 0 aliphatic rings. The minimum atomic E-state index is -5.84. The minimum absolute atomic E-state index is 0.0347. The molecule has 0 saturated heterocycles. The van der Waals surface area contributed by atoms with E-state index in [2.05, 4.69) is 14.2 Å². The number of aliphatic imine (C=N–C) groups is 1. The molecule has 0 amide bonds. The Balaban J connectivity index is 2.70. The zero-order valence-corrected chi connectivity index (χ0v) is 13.1. The van der Waals surface area contributed by atoms with Crippen LogP contribution in [-0.4, -0.2) is 31.7 Å². The van der Waals surface area contributed by atoms with Crippen molar-refractivity contribution in [1.29, 1.82) is 0 Å². The van der Waals surface area contributed by atoms with Crippen LogP contribution in [0.25, 0.3) is 10.9 Å². The van der Waals surface area contributed by atoms with Crippen LogP contribution >= 0.6 is 0 Å². The molecule has 0 spiro atoms. The lowest BCUT2D eigenvalue weighted by Crippen LogP contribution is -2.28. The van der Waals surface area contributed by atoms with Gasteiger partial charge in [0.15, 0.2) is 5.75 Å². The van der Waals surface area contributed by atoms with Crippen LogP contribution < -0.4 is 9.92 Å². The Morgan fingerprint density at radius 3 is 2.67 bits per heavy atom. The molecule has 0 bridgehead atoms. The number of hydrogen-bond acceptors (Lipinski definition) is 6. The second-order valence-corrected chi connectivity index (χ2v) is 6.03. The fraction of sp³-hybridized carbons (Fsp3) is 0.143. The number of nitrogens with zero attached hydrogens (tertiary/aromatic N) is 2. The van der Waals surface area contributed by atoms with E-state index in [4.69, 9.17) is 5.73 Å². The van der Waals surface area contributed by atoms with Crippen molar-refractivity contribution >= 4 is 26.7 Å². The molecule has 0 saturated carbocycles. The number of aromatic nitrogens is 1. The normalized spacial score (nSPS) is 13.6. The summed E-state index contributed by atoms with van der Waals surface area (Å²) in [5.74, 6) is -0.544. The molecule has 1 aromatic carbocycles. The van der Waals surface area contributed by atoms with Crippen molar-refractivity contribution in [2.24, 2.45) is 10.7 Å². The molecule has 1 aromatic heterocycles. The highest BCUT2D eigenvalue weighted by atomic mass is 32.2. The molecule has 2 aromatic rings. The second-order valence-electron chi connectivity index (χ2n) is 4.50. The standard InChI is InChI=1S/C14H12F3N3O3S/c1-19-11(4-5-18)10-7-9-3-2-6-20-12(9)8-13(10)23-24(21,22)14(15,16)17/h2-8H,18H2,1H3. The number of pyridine rings is 1. The Hall–Kier alpha value is -2.62. The van der Waals surface area contributed by atoms with Gasteiger partial charge in [-0.25, -0.2) is 0 Å². The molecule has 10 heteroatoms. The van der Waals surface area contributed by atoms with Crippen LogP contribution in [0.1, 0.15) is 5.56 Å². The Kier molecular flexibility index (Phi) is 4.78. The van der Waals surface area contributed by atoms with Gasteiger partial charge in [0.25, 0.3) is 0 Å². The van der Waals surface area contributed by atoms with Crippen molar-refractivity contribution in [2.75, 3.05) is 7.05 Å². The van der Waals surface area contributed by atoms with Crippen LogP contribution in [0.3, 0.4) is 0 Å². The maximum absolute atomic E-state index is 12.6. The average molecular weight is 359 g/mol. The summed E-state index contributed by atoms with van der Waals surface area (Å²) in [6, 6.07) is 5.81. The summed E-state index contributed by atoms with van der Waals surface area (Å²) in [5, 5.41) is 0.566. The molecule has 0 radical (unpaired) electrons. The van der Waals surface area contributed by atoms with Gasteiger partial charge in [-0.1, -0.05) is 6.07 Å². The molecule has 0 fully saturated rings. The largest absolute Gasteiger partial charge is 0.534 e. The van der Waals surface area contributed by atoms with Gasteiger partial charge in [0.2, 0.25) is 0 Å². The third-order valence-corrected chi connectivity index (χ3v) is 3.92. The highest BCUT2D eigenvalue weighted by Gasteiger charge is 2.48. The van der Waals surface area contributed by atoms with Crippen LogP contribution in [0.15, 0.2) is 47.7 Å². The Morgan fingerprint density at radius 2 is 2.08 bits per heavy atom. The molecule has 0 atom stereocenters. The predicted octanol–water partition coefficient (Wildman–Crippen LogP) is 2.35. The van der Waals surface area contributed by atoms with E-state index in [-0.39, 0.29) is 16.8 Å². The van der Waals surface area contributed by atoms with Gasteiger partial charge in [-0.15, -0.1) is 0 Å². The molecular formula is C14H12F3N3O3S. The molecule has 0 aliphatic heterocycles. The zero-order valence-electron chi connectivity index (χ0n) is 12.3. The lowest BCUT2D eigenvalue weighted by atomic mass is 10.1. The monoisotopic (exact) mass is 359 g/mol. The molecule has 128 valence electrons. The molecule has 0 unspecified atom stereocenters. The third kappa shape index (κ3) is 3.48. The van der Waals surface area contributed by atoms with Gasteiger partial charge in [0.05, 0.1) is 11.2 Å². The van der Waals surface area contributed by atoms with Crippen molar-refractivity contribution in [2.45, 2.75) is 5.51 Å². The van der Waals surface area contributed by atoms with Gasteiger partial charge in [-0.3, -0.25) is 9.98 Å². The van der Waals surface area contributed by atoms with Crippen LogP contribution in [0.2, 0.25) is 0 Å². The van der Waals surface area contributed by atoms with Crippen molar-refractivity contribution in [3.63, 3.8) is 0 Å². The number of halogens is 3. The molecule has 24 heavy (non-hydrogen) atoms. The van der Waals surface area contributed by atoms with Gasteiger partial charge < -0.3 is 9.92 Å². The zero-order chi connectivity index (χ0) is 18.0. The number of hydrogen-bond donors (Lipinski definition) is 1. The van der Waals surface area contributed by atoms with Crippen molar-refractivity contribution in [1.82, 2.24) is 4.98 Å². The SMILES string of the molecule is CN=C(C=CN)c1cc2cccnc2cc1OS(=O)(=O)C(F)(F)F. The second kappa shape index (κ2) is 6.48. The van der Waals surface area contributed by atoms with Crippen molar-refractivity contribution in [3.05, 3.63) is 48.3 Å². The number of allylic oxidation sites excluding steroid dienone is 1. The quantitative estimate of drug-likeness (QED) is 0.514. The van der Waals surface area contributed by atoms with Gasteiger partial charge in [0.1, 0.15) is 0 Å². The van der Waals surface area contributed by atoms with Gasteiger partial charge in [0, 0.05) is 30.3 Å². The van der Waals surface area contributed by atoms with Crippen LogP contribution in [-0.2, 0) is 10.1 Å². The molecular weight excluding hydrogens is 347 g/mol. The molecule has 0 aliphatic carbocycles. The molecule has 2 N–H and O–H groups in total. The lowest BCUT2D eigenvalue weighted by molar-refractivity contribution is -0.0500. The summed E-state index contributed by atoms with van der Waals surface area (Å²) in [7, 11) is -4.46. The van der Waals surface area contributed by atoms with Gasteiger partial charge in [-0.2, -0.15) is 21.6 Å². The highest BCUT2D eigenvalue weighted by Crippen LogP contribution is 2.32. The summed E-state index contributed by atoms with van der Waals surface area (Å²) < 4.78 is 64.8. The number of alkyl halides is 3. The first-order valence-electron chi connectivity index (χ1n) is 6.44. The summed E-state index contributed by atoms with van der Waals surface area (Å²) in [6.07, 6.45) is 3.85.